The monoisotopic (exact) mass is 330 g/mol. The predicted molar refractivity (Wildman–Crippen MR) is 68.4 cm³/mol. The molecule has 1 aromatic heterocycles. The molecule has 0 bridgehead atoms. The van der Waals surface area contributed by atoms with E-state index < -0.39 is 5.97 Å². The van der Waals surface area contributed by atoms with Gasteiger partial charge in [-0.2, -0.15) is 4.98 Å². The quantitative estimate of drug-likeness (QED) is 0.807. The fourth-order valence-corrected chi connectivity index (χ4v) is 1.68. The average Bonchev–Trinajstić information content (AvgIpc) is 2.82. The molecule has 0 spiro atoms. The van der Waals surface area contributed by atoms with Gasteiger partial charge in [-0.05, 0) is 41.1 Å². The van der Waals surface area contributed by atoms with Crippen LogP contribution in [-0.2, 0) is 4.74 Å². The Labute approximate surface area is 116 Å². The van der Waals surface area contributed by atoms with Crippen molar-refractivity contribution >= 4 is 33.5 Å². The second-order valence-corrected chi connectivity index (χ2v) is 4.53. The molecule has 0 atom stereocenters. The maximum Gasteiger partial charge on any atom is 0.397 e. The Kier molecular flexibility index (Phi) is 3.98. The van der Waals surface area contributed by atoms with Gasteiger partial charge in [-0.25, -0.2) is 4.79 Å². The van der Waals surface area contributed by atoms with Gasteiger partial charge in [0.05, 0.1) is 11.6 Å². The number of hydrogen-bond acceptors (Lipinski definition) is 5. The number of halogens is 2. The number of hydrogen-bond donors (Lipinski definition) is 0. The summed E-state index contributed by atoms with van der Waals surface area (Å²) < 4.78 is 10.3. The van der Waals surface area contributed by atoms with Gasteiger partial charge < -0.3 is 9.26 Å². The van der Waals surface area contributed by atoms with Gasteiger partial charge in [-0.3, -0.25) is 0 Å². The Morgan fingerprint density at radius 1 is 1.56 bits per heavy atom. The highest BCUT2D eigenvalue weighted by molar-refractivity contribution is 9.10. The van der Waals surface area contributed by atoms with Crippen molar-refractivity contribution in [2.24, 2.45) is 0 Å². The van der Waals surface area contributed by atoms with Gasteiger partial charge in [0.15, 0.2) is 0 Å². The van der Waals surface area contributed by atoms with Crippen molar-refractivity contribution in [3.05, 3.63) is 33.6 Å². The van der Waals surface area contributed by atoms with Crippen molar-refractivity contribution < 1.29 is 14.1 Å². The predicted octanol–water partition coefficient (Wildman–Crippen LogP) is 3.33. The van der Waals surface area contributed by atoms with E-state index in [1.54, 1.807) is 25.1 Å². The Balaban J connectivity index is 2.29. The van der Waals surface area contributed by atoms with Crippen molar-refractivity contribution in [3.63, 3.8) is 0 Å². The zero-order valence-electron chi connectivity index (χ0n) is 9.31. The average molecular weight is 332 g/mol. The summed E-state index contributed by atoms with van der Waals surface area (Å²) in [7, 11) is 0. The number of benzene rings is 1. The van der Waals surface area contributed by atoms with Crippen LogP contribution in [-0.4, -0.2) is 22.7 Å². The smallest absolute Gasteiger partial charge is 0.397 e. The first-order valence-corrected chi connectivity index (χ1v) is 6.25. The molecule has 94 valence electrons. The molecule has 18 heavy (non-hydrogen) atoms. The lowest BCUT2D eigenvalue weighted by Gasteiger charge is -1.97. The second-order valence-electron chi connectivity index (χ2n) is 3.27. The third kappa shape index (κ3) is 2.70. The molecule has 0 fully saturated rings. The van der Waals surface area contributed by atoms with Crippen LogP contribution < -0.4 is 0 Å². The molecule has 0 N–H and O–H groups in total. The molecule has 0 aliphatic rings. The molecule has 5 nitrogen and oxygen atoms in total. The summed E-state index contributed by atoms with van der Waals surface area (Å²) >= 11 is 9.24. The van der Waals surface area contributed by atoms with E-state index in [4.69, 9.17) is 20.9 Å². The van der Waals surface area contributed by atoms with E-state index >= 15 is 0 Å². The summed E-state index contributed by atoms with van der Waals surface area (Å²) in [5.74, 6) is -0.530. The maximum absolute atomic E-state index is 11.4. The van der Waals surface area contributed by atoms with Crippen LogP contribution >= 0.6 is 27.5 Å². The van der Waals surface area contributed by atoms with Crippen LogP contribution in [0.5, 0.6) is 0 Å². The van der Waals surface area contributed by atoms with Crippen LogP contribution in [0.4, 0.5) is 0 Å². The summed E-state index contributed by atoms with van der Waals surface area (Å²) in [5.41, 5.74) is 0.655. The molecule has 0 aliphatic heterocycles. The zero-order valence-corrected chi connectivity index (χ0v) is 11.7. The molecule has 0 saturated carbocycles. The first-order chi connectivity index (χ1) is 8.61. The summed E-state index contributed by atoms with van der Waals surface area (Å²) in [6.07, 6.45) is 0. The first kappa shape index (κ1) is 13.0. The van der Waals surface area contributed by atoms with Crippen LogP contribution in [0, 0.1) is 0 Å². The normalized spacial score (nSPS) is 10.4. The first-order valence-electron chi connectivity index (χ1n) is 5.08. The Morgan fingerprint density at radius 2 is 2.33 bits per heavy atom. The van der Waals surface area contributed by atoms with Gasteiger partial charge in [0.25, 0.3) is 0 Å². The Hall–Kier alpha value is -1.40. The number of aromatic nitrogens is 2. The number of rotatable bonds is 3. The number of carbonyl (C=O) groups is 1. The fourth-order valence-electron chi connectivity index (χ4n) is 1.25. The molecule has 7 heteroatoms. The Morgan fingerprint density at radius 3 is 3.00 bits per heavy atom. The number of nitrogens with zero attached hydrogens (tertiary/aromatic N) is 2. The third-order valence-corrected chi connectivity index (χ3v) is 3.29. The summed E-state index contributed by atoms with van der Waals surface area (Å²) in [6, 6.07) is 5.19. The minimum absolute atomic E-state index is 0.175. The SMILES string of the molecule is CCOC(=O)c1nc(-c2ccc(Br)c(Cl)c2)no1. The molecule has 0 unspecified atom stereocenters. The van der Waals surface area contributed by atoms with E-state index in [-0.39, 0.29) is 18.3 Å². The van der Waals surface area contributed by atoms with Crippen LogP contribution in [0.25, 0.3) is 11.4 Å². The minimum Gasteiger partial charge on any atom is -0.459 e. The van der Waals surface area contributed by atoms with Crippen molar-refractivity contribution in [1.82, 2.24) is 10.1 Å². The van der Waals surface area contributed by atoms with Crippen molar-refractivity contribution in [3.8, 4) is 11.4 Å². The van der Waals surface area contributed by atoms with Crippen LogP contribution in [0.15, 0.2) is 27.2 Å². The molecule has 1 heterocycles. The van der Waals surface area contributed by atoms with E-state index in [2.05, 4.69) is 26.1 Å². The third-order valence-electron chi connectivity index (χ3n) is 2.05. The summed E-state index contributed by atoms with van der Waals surface area (Å²) in [6.45, 7) is 1.95. The van der Waals surface area contributed by atoms with E-state index in [1.807, 2.05) is 0 Å². The number of ether oxygens (including phenoxy) is 1. The van der Waals surface area contributed by atoms with Crippen LogP contribution in [0.2, 0.25) is 5.02 Å². The molecule has 1 aromatic carbocycles. The molecule has 2 aromatic rings. The summed E-state index contributed by atoms with van der Waals surface area (Å²) in [4.78, 5) is 15.3. The lowest BCUT2D eigenvalue weighted by molar-refractivity contribution is 0.0470. The topological polar surface area (TPSA) is 65.2 Å². The lowest BCUT2D eigenvalue weighted by atomic mass is 10.2. The highest BCUT2D eigenvalue weighted by Crippen LogP contribution is 2.27. The van der Waals surface area contributed by atoms with Gasteiger partial charge in [-0.15, -0.1) is 0 Å². The highest BCUT2D eigenvalue weighted by Gasteiger charge is 2.17. The van der Waals surface area contributed by atoms with Crippen molar-refractivity contribution in [1.29, 1.82) is 0 Å². The van der Waals surface area contributed by atoms with Gasteiger partial charge in [0, 0.05) is 10.0 Å². The molecular weight excluding hydrogens is 323 g/mol. The van der Waals surface area contributed by atoms with Crippen LogP contribution in [0.3, 0.4) is 0 Å². The fraction of sp³-hybridized carbons (Fsp3) is 0.182. The minimum atomic E-state index is -0.639. The molecular formula is C11H8BrClN2O3. The lowest BCUT2D eigenvalue weighted by Crippen LogP contribution is -2.04. The molecule has 0 amide bonds. The van der Waals surface area contributed by atoms with E-state index in [0.717, 1.165) is 4.47 Å². The zero-order chi connectivity index (χ0) is 13.1. The highest BCUT2D eigenvalue weighted by atomic mass is 79.9. The van der Waals surface area contributed by atoms with Gasteiger partial charge in [-0.1, -0.05) is 16.8 Å². The number of esters is 1. The standard InChI is InChI=1S/C11H8BrClN2O3/c1-2-17-11(16)10-14-9(15-18-10)6-3-4-7(12)8(13)5-6/h3-5H,2H2,1H3. The van der Waals surface area contributed by atoms with Gasteiger partial charge in [0.2, 0.25) is 5.82 Å². The molecule has 2 rings (SSSR count). The van der Waals surface area contributed by atoms with Crippen molar-refractivity contribution in [2.75, 3.05) is 6.61 Å². The van der Waals surface area contributed by atoms with Crippen LogP contribution in [0.1, 0.15) is 17.6 Å². The van der Waals surface area contributed by atoms with Gasteiger partial charge >= 0.3 is 11.9 Å². The van der Waals surface area contributed by atoms with Crippen molar-refractivity contribution in [2.45, 2.75) is 6.92 Å². The molecule has 0 radical (unpaired) electrons. The number of carbonyl (C=O) groups excluding carboxylic acids is 1. The van der Waals surface area contributed by atoms with Gasteiger partial charge in [0.1, 0.15) is 0 Å². The van der Waals surface area contributed by atoms with E-state index in [1.165, 1.54) is 0 Å². The van der Waals surface area contributed by atoms with E-state index in [9.17, 15) is 4.79 Å². The largest absolute Gasteiger partial charge is 0.459 e. The Bertz CT molecular complexity index is 585. The second kappa shape index (κ2) is 5.49. The molecule has 0 aliphatic carbocycles. The molecule has 0 saturated heterocycles. The maximum atomic E-state index is 11.4. The van der Waals surface area contributed by atoms with E-state index in [0.29, 0.717) is 10.6 Å². The summed E-state index contributed by atoms with van der Waals surface area (Å²) in [5, 5.41) is 4.22.